The van der Waals surface area contributed by atoms with E-state index in [2.05, 4.69) is 19.9 Å². The molecule has 0 spiro atoms. The first-order valence-electron chi connectivity index (χ1n) is 5.99. The van der Waals surface area contributed by atoms with Crippen molar-refractivity contribution in [1.82, 2.24) is 14.5 Å². The van der Waals surface area contributed by atoms with Crippen molar-refractivity contribution in [2.24, 2.45) is 0 Å². The Morgan fingerprint density at radius 3 is 3.28 bits per heavy atom. The molecule has 18 heavy (non-hydrogen) atoms. The van der Waals surface area contributed by atoms with E-state index in [1.165, 1.54) is 0 Å². The highest BCUT2D eigenvalue weighted by Crippen LogP contribution is 2.29. The number of anilines is 1. The smallest absolute Gasteiger partial charge is 0.152 e. The molecule has 4 rings (SSSR count). The zero-order chi connectivity index (χ0) is 11.9. The number of hydrogen-bond acceptors (Lipinski definition) is 4. The van der Waals surface area contributed by atoms with Gasteiger partial charge in [0.25, 0.3) is 0 Å². The molecule has 4 heterocycles. The third-order valence-electron chi connectivity index (χ3n) is 3.40. The Morgan fingerprint density at radius 1 is 1.39 bits per heavy atom. The predicted octanol–water partition coefficient (Wildman–Crippen LogP) is 2.23. The van der Waals surface area contributed by atoms with E-state index in [0.29, 0.717) is 6.04 Å². The molecule has 1 unspecified atom stereocenters. The van der Waals surface area contributed by atoms with E-state index >= 15 is 0 Å². The molecule has 0 amide bonds. The summed E-state index contributed by atoms with van der Waals surface area (Å²) < 4.78 is 7.61. The number of hydrogen-bond donors (Lipinski definition) is 1. The second-order valence-electron chi connectivity index (χ2n) is 4.50. The molecule has 90 valence electrons. The van der Waals surface area contributed by atoms with Gasteiger partial charge in [0.2, 0.25) is 0 Å². The van der Waals surface area contributed by atoms with Crippen LogP contribution in [0, 0.1) is 0 Å². The van der Waals surface area contributed by atoms with Crippen molar-refractivity contribution in [3.63, 3.8) is 0 Å². The maximum atomic E-state index is 5.42. The summed E-state index contributed by atoms with van der Waals surface area (Å²) in [5.41, 5.74) is 2.07. The lowest BCUT2D eigenvalue weighted by Crippen LogP contribution is -2.25. The standard InChI is InChI=1S/C13H12N4O/c1-2-10(18-5-1)6-9-7-15-13-12-11(3-4-14-13)16-8-17(9)12/h1-5,8-9H,6-7H2,(H,14,15). The molecule has 5 nitrogen and oxygen atoms in total. The molecule has 0 fully saturated rings. The SMILES string of the molecule is c1coc(CC2CNc3nccc4ncn2c34)c1. The molecule has 1 N–H and O–H groups in total. The fourth-order valence-corrected chi connectivity index (χ4v) is 2.54. The highest BCUT2D eigenvalue weighted by molar-refractivity contribution is 5.86. The van der Waals surface area contributed by atoms with Gasteiger partial charge in [-0.1, -0.05) is 0 Å². The maximum Gasteiger partial charge on any atom is 0.152 e. The average molecular weight is 240 g/mol. The largest absolute Gasteiger partial charge is 0.469 e. The van der Waals surface area contributed by atoms with E-state index in [0.717, 1.165) is 35.6 Å². The summed E-state index contributed by atoms with van der Waals surface area (Å²) in [6.45, 7) is 0.843. The predicted molar refractivity (Wildman–Crippen MR) is 67.5 cm³/mol. The second-order valence-corrected chi connectivity index (χ2v) is 4.50. The number of aromatic nitrogens is 3. The average Bonchev–Trinajstić information content (AvgIpc) is 3.03. The molecular formula is C13H12N4O. The first-order valence-corrected chi connectivity index (χ1v) is 5.99. The first kappa shape index (κ1) is 9.70. The van der Waals surface area contributed by atoms with Crippen LogP contribution >= 0.6 is 0 Å². The van der Waals surface area contributed by atoms with Crippen LogP contribution in [0.25, 0.3) is 11.0 Å². The molecular weight excluding hydrogens is 228 g/mol. The monoisotopic (exact) mass is 240 g/mol. The normalized spacial score (nSPS) is 17.9. The summed E-state index contributed by atoms with van der Waals surface area (Å²) in [5.74, 6) is 1.91. The van der Waals surface area contributed by atoms with Crippen LogP contribution in [0.1, 0.15) is 11.8 Å². The molecule has 3 aromatic rings. The van der Waals surface area contributed by atoms with Gasteiger partial charge in [-0.3, -0.25) is 0 Å². The van der Waals surface area contributed by atoms with Gasteiger partial charge in [0.1, 0.15) is 11.3 Å². The van der Waals surface area contributed by atoms with Crippen LogP contribution < -0.4 is 5.32 Å². The zero-order valence-corrected chi connectivity index (χ0v) is 9.71. The van der Waals surface area contributed by atoms with Gasteiger partial charge in [0, 0.05) is 19.2 Å². The van der Waals surface area contributed by atoms with Crippen molar-refractivity contribution in [3.05, 3.63) is 42.7 Å². The van der Waals surface area contributed by atoms with Crippen LogP contribution in [-0.2, 0) is 6.42 Å². The fraction of sp³-hybridized carbons (Fsp3) is 0.231. The Morgan fingerprint density at radius 2 is 2.39 bits per heavy atom. The van der Waals surface area contributed by atoms with Crippen LogP contribution in [0.3, 0.4) is 0 Å². The highest BCUT2D eigenvalue weighted by atomic mass is 16.3. The molecule has 0 bridgehead atoms. The summed E-state index contributed by atoms with van der Waals surface area (Å²) in [6.07, 6.45) is 6.25. The molecule has 0 aliphatic carbocycles. The molecule has 3 aromatic heterocycles. The van der Waals surface area contributed by atoms with Crippen LogP contribution in [0.4, 0.5) is 5.82 Å². The van der Waals surface area contributed by atoms with E-state index < -0.39 is 0 Å². The van der Waals surface area contributed by atoms with Gasteiger partial charge in [-0.05, 0) is 18.2 Å². The molecule has 1 aliphatic heterocycles. The Balaban J connectivity index is 1.79. The minimum Gasteiger partial charge on any atom is -0.469 e. The van der Waals surface area contributed by atoms with Gasteiger partial charge in [-0.2, -0.15) is 0 Å². The lowest BCUT2D eigenvalue weighted by atomic mass is 10.1. The quantitative estimate of drug-likeness (QED) is 0.746. The summed E-state index contributed by atoms with van der Waals surface area (Å²) in [6, 6.07) is 6.18. The zero-order valence-electron chi connectivity index (χ0n) is 9.71. The molecule has 0 radical (unpaired) electrons. The third-order valence-corrected chi connectivity index (χ3v) is 3.40. The van der Waals surface area contributed by atoms with E-state index in [1.54, 1.807) is 12.5 Å². The second kappa shape index (κ2) is 3.60. The maximum absolute atomic E-state index is 5.42. The van der Waals surface area contributed by atoms with Gasteiger partial charge >= 0.3 is 0 Å². The molecule has 1 aliphatic rings. The molecule has 1 atom stereocenters. The fourth-order valence-electron chi connectivity index (χ4n) is 2.54. The number of imidazole rings is 1. The Labute approximate surface area is 103 Å². The van der Waals surface area contributed by atoms with E-state index in [9.17, 15) is 0 Å². The first-order chi connectivity index (χ1) is 8.92. The third kappa shape index (κ3) is 1.33. The van der Waals surface area contributed by atoms with E-state index in [1.807, 2.05) is 24.5 Å². The highest BCUT2D eigenvalue weighted by Gasteiger charge is 2.23. The molecule has 0 saturated heterocycles. The van der Waals surface area contributed by atoms with Crippen molar-refractivity contribution in [2.45, 2.75) is 12.5 Å². The van der Waals surface area contributed by atoms with Gasteiger partial charge in [-0.25, -0.2) is 9.97 Å². The van der Waals surface area contributed by atoms with Crippen molar-refractivity contribution in [1.29, 1.82) is 0 Å². The van der Waals surface area contributed by atoms with Crippen LogP contribution in [0.2, 0.25) is 0 Å². The van der Waals surface area contributed by atoms with Crippen LogP contribution in [0.5, 0.6) is 0 Å². The van der Waals surface area contributed by atoms with Crippen molar-refractivity contribution >= 4 is 16.9 Å². The Kier molecular flexibility index (Phi) is 1.94. The number of nitrogens with one attached hydrogen (secondary N) is 1. The molecule has 0 aromatic carbocycles. The minimum absolute atomic E-state index is 0.317. The Hall–Kier alpha value is -2.30. The van der Waals surface area contributed by atoms with Crippen molar-refractivity contribution in [3.8, 4) is 0 Å². The van der Waals surface area contributed by atoms with Gasteiger partial charge in [0.05, 0.1) is 24.1 Å². The Bertz CT molecular complexity index is 686. The van der Waals surface area contributed by atoms with Gasteiger partial charge < -0.3 is 14.3 Å². The number of nitrogens with zero attached hydrogens (tertiary/aromatic N) is 3. The molecule has 0 saturated carbocycles. The van der Waals surface area contributed by atoms with Gasteiger partial charge in [-0.15, -0.1) is 0 Å². The van der Waals surface area contributed by atoms with E-state index in [4.69, 9.17) is 4.42 Å². The summed E-state index contributed by atoms with van der Waals surface area (Å²) in [5, 5.41) is 3.36. The van der Waals surface area contributed by atoms with Crippen LogP contribution in [-0.4, -0.2) is 21.1 Å². The molecule has 5 heteroatoms. The lowest BCUT2D eigenvalue weighted by molar-refractivity contribution is 0.441. The summed E-state index contributed by atoms with van der Waals surface area (Å²) >= 11 is 0. The van der Waals surface area contributed by atoms with Crippen molar-refractivity contribution in [2.75, 3.05) is 11.9 Å². The van der Waals surface area contributed by atoms with Gasteiger partial charge in [0.15, 0.2) is 5.82 Å². The van der Waals surface area contributed by atoms with Crippen LogP contribution in [0.15, 0.2) is 41.4 Å². The number of furan rings is 1. The lowest BCUT2D eigenvalue weighted by Gasteiger charge is -2.25. The number of pyridine rings is 1. The topological polar surface area (TPSA) is 55.9 Å². The van der Waals surface area contributed by atoms with Crippen molar-refractivity contribution < 1.29 is 4.42 Å². The summed E-state index contributed by atoms with van der Waals surface area (Å²) in [7, 11) is 0. The van der Waals surface area contributed by atoms with E-state index in [-0.39, 0.29) is 0 Å². The summed E-state index contributed by atoms with van der Waals surface area (Å²) in [4.78, 5) is 8.77. The number of rotatable bonds is 2. The minimum atomic E-state index is 0.317.